The van der Waals surface area contributed by atoms with E-state index in [1.807, 2.05) is 17.7 Å². The van der Waals surface area contributed by atoms with Crippen LogP contribution in [0, 0.1) is 27.7 Å². The first-order valence-electron chi connectivity index (χ1n) is 9.16. The largest absolute Gasteiger partial charge is 0.491 e. The first kappa shape index (κ1) is 23.3. The molecule has 0 aliphatic rings. The molecule has 0 bridgehead atoms. The van der Waals surface area contributed by atoms with E-state index in [0.29, 0.717) is 13.2 Å². The van der Waals surface area contributed by atoms with Gasteiger partial charge in [0.15, 0.2) is 5.96 Å². The van der Waals surface area contributed by atoms with Crippen LogP contribution in [0.4, 0.5) is 0 Å². The van der Waals surface area contributed by atoms with Crippen molar-refractivity contribution >= 4 is 29.9 Å². The van der Waals surface area contributed by atoms with E-state index in [9.17, 15) is 0 Å². The summed E-state index contributed by atoms with van der Waals surface area (Å²) < 4.78 is 7.95. The normalized spacial score (nSPS) is 11.1. The van der Waals surface area contributed by atoms with Crippen LogP contribution in [0.5, 0.6) is 5.75 Å². The van der Waals surface area contributed by atoms with Crippen molar-refractivity contribution in [2.24, 2.45) is 4.99 Å². The molecule has 0 saturated carbocycles. The van der Waals surface area contributed by atoms with Crippen molar-refractivity contribution < 1.29 is 4.74 Å². The van der Waals surface area contributed by atoms with Gasteiger partial charge < -0.3 is 15.4 Å². The monoisotopic (exact) mass is 485 g/mol. The topological polar surface area (TPSA) is 63.5 Å². The molecule has 150 valence electrons. The molecule has 0 spiro atoms. The molecule has 2 aromatic rings. The molecule has 0 atom stereocenters. The molecule has 0 radical (unpaired) electrons. The lowest BCUT2D eigenvalue weighted by atomic mass is 10.1. The number of nitrogens with one attached hydrogen (secondary N) is 2. The summed E-state index contributed by atoms with van der Waals surface area (Å²) in [6, 6.07) is 8.29. The molecule has 1 aromatic heterocycles. The van der Waals surface area contributed by atoms with Crippen LogP contribution in [-0.4, -0.2) is 42.5 Å². The van der Waals surface area contributed by atoms with Gasteiger partial charge in [-0.05, 0) is 51.3 Å². The first-order valence-corrected chi connectivity index (χ1v) is 9.16. The molecule has 0 aliphatic carbocycles. The minimum atomic E-state index is 0. The molecule has 2 rings (SSSR count). The SMILES string of the molecule is CN=C(NCCCn1nc(C)cc1C)NCCOc1c(C)cccc1C.I. The zero-order valence-electron chi connectivity index (χ0n) is 17.0. The highest BCUT2D eigenvalue weighted by Gasteiger charge is 2.04. The lowest BCUT2D eigenvalue weighted by molar-refractivity contribution is 0.317. The van der Waals surface area contributed by atoms with E-state index in [1.54, 1.807) is 7.05 Å². The summed E-state index contributed by atoms with van der Waals surface area (Å²) in [6.07, 6.45) is 0.988. The van der Waals surface area contributed by atoms with Crippen LogP contribution in [0.3, 0.4) is 0 Å². The van der Waals surface area contributed by atoms with Gasteiger partial charge in [0, 0.05) is 25.8 Å². The Labute approximate surface area is 179 Å². The Balaban J connectivity index is 0.00000364. The molecule has 0 amide bonds. The Morgan fingerprint density at radius 1 is 1.11 bits per heavy atom. The maximum Gasteiger partial charge on any atom is 0.191 e. The molecule has 0 aliphatic heterocycles. The zero-order valence-corrected chi connectivity index (χ0v) is 19.3. The van der Waals surface area contributed by atoms with Gasteiger partial charge in [-0.25, -0.2) is 0 Å². The molecule has 0 unspecified atom stereocenters. The van der Waals surface area contributed by atoms with Gasteiger partial charge in [-0.2, -0.15) is 5.10 Å². The van der Waals surface area contributed by atoms with Crippen molar-refractivity contribution in [1.29, 1.82) is 0 Å². The Bertz CT molecular complexity index is 722. The third-order valence-corrected chi connectivity index (χ3v) is 4.22. The highest BCUT2D eigenvalue weighted by molar-refractivity contribution is 14.0. The average Bonchev–Trinajstić information content (AvgIpc) is 2.93. The van der Waals surface area contributed by atoms with Gasteiger partial charge >= 0.3 is 0 Å². The number of nitrogens with zero attached hydrogens (tertiary/aromatic N) is 3. The quantitative estimate of drug-likeness (QED) is 0.261. The second kappa shape index (κ2) is 11.8. The van der Waals surface area contributed by atoms with Crippen molar-refractivity contribution in [3.8, 4) is 5.75 Å². The number of aryl methyl sites for hydroxylation is 5. The maximum absolute atomic E-state index is 5.90. The molecule has 6 nitrogen and oxygen atoms in total. The predicted molar refractivity (Wildman–Crippen MR) is 123 cm³/mol. The summed E-state index contributed by atoms with van der Waals surface area (Å²) in [7, 11) is 1.78. The number of benzene rings is 1. The number of ether oxygens (including phenoxy) is 1. The highest BCUT2D eigenvalue weighted by atomic mass is 127. The van der Waals surface area contributed by atoms with Gasteiger partial charge in [0.05, 0.1) is 12.2 Å². The molecule has 0 saturated heterocycles. The molecule has 1 aromatic carbocycles. The third kappa shape index (κ3) is 7.40. The summed E-state index contributed by atoms with van der Waals surface area (Å²) in [5, 5.41) is 11.1. The van der Waals surface area contributed by atoms with Gasteiger partial charge in [0.1, 0.15) is 12.4 Å². The number of aromatic nitrogens is 2. The Morgan fingerprint density at radius 2 is 1.78 bits per heavy atom. The maximum atomic E-state index is 5.90. The summed E-state index contributed by atoms with van der Waals surface area (Å²) in [6.45, 7) is 11.3. The molecular weight excluding hydrogens is 453 g/mol. The van der Waals surface area contributed by atoms with Gasteiger partial charge in [0.2, 0.25) is 0 Å². The summed E-state index contributed by atoms with van der Waals surface area (Å²) >= 11 is 0. The van der Waals surface area contributed by atoms with Crippen LogP contribution in [0.15, 0.2) is 29.3 Å². The van der Waals surface area contributed by atoms with Crippen LogP contribution in [0.25, 0.3) is 0 Å². The molecule has 0 fully saturated rings. The fourth-order valence-electron chi connectivity index (χ4n) is 2.91. The van der Waals surface area contributed by atoms with Crippen molar-refractivity contribution in [3.05, 3.63) is 46.8 Å². The smallest absolute Gasteiger partial charge is 0.191 e. The Kier molecular flexibility index (Phi) is 10.2. The van der Waals surface area contributed by atoms with Gasteiger partial charge in [-0.3, -0.25) is 9.67 Å². The van der Waals surface area contributed by atoms with Crippen LogP contribution in [0.1, 0.15) is 28.9 Å². The fraction of sp³-hybridized carbons (Fsp3) is 0.500. The first-order chi connectivity index (χ1) is 12.5. The average molecular weight is 485 g/mol. The molecule has 7 heteroatoms. The van der Waals surface area contributed by atoms with Crippen LogP contribution in [0.2, 0.25) is 0 Å². The second-order valence-electron chi connectivity index (χ2n) is 6.50. The van der Waals surface area contributed by atoms with E-state index < -0.39 is 0 Å². The van der Waals surface area contributed by atoms with Crippen LogP contribution in [-0.2, 0) is 6.54 Å². The fourth-order valence-corrected chi connectivity index (χ4v) is 2.91. The molecular formula is C20H32IN5O. The Morgan fingerprint density at radius 3 is 2.37 bits per heavy atom. The summed E-state index contributed by atoms with van der Waals surface area (Å²) in [4.78, 5) is 4.25. The molecule has 1 heterocycles. The second-order valence-corrected chi connectivity index (χ2v) is 6.50. The predicted octanol–water partition coefficient (Wildman–Crippen LogP) is 3.37. The van der Waals surface area contributed by atoms with E-state index in [1.165, 1.54) is 5.69 Å². The number of rotatable bonds is 8. The zero-order chi connectivity index (χ0) is 18.9. The van der Waals surface area contributed by atoms with E-state index in [-0.39, 0.29) is 24.0 Å². The Hall–Kier alpha value is -1.77. The van der Waals surface area contributed by atoms with Gasteiger partial charge in [-0.1, -0.05) is 18.2 Å². The van der Waals surface area contributed by atoms with E-state index in [4.69, 9.17) is 4.74 Å². The number of hydrogen-bond acceptors (Lipinski definition) is 3. The highest BCUT2D eigenvalue weighted by Crippen LogP contribution is 2.21. The summed E-state index contributed by atoms with van der Waals surface area (Å²) in [5.74, 6) is 1.77. The lowest BCUT2D eigenvalue weighted by Gasteiger charge is -2.14. The third-order valence-electron chi connectivity index (χ3n) is 4.22. The van der Waals surface area contributed by atoms with Crippen LogP contribution >= 0.6 is 24.0 Å². The van der Waals surface area contributed by atoms with Gasteiger partial charge in [0.25, 0.3) is 0 Å². The number of para-hydroxylation sites is 1. The van der Waals surface area contributed by atoms with Crippen molar-refractivity contribution in [3.63, 3.8) is 0 Å². The number of guanidine groups is 1. The molecule has 2 N–H and O–H groups in total. The van der Waals surface area contributed by atoms with E-state index in [2.05, 4.69) is 59.7 Å². The number of hydrogen-bond donors (Lipinski definition) is 2. The van der Waals surface area contributed by atoms with E-state index in [0.717, 1.165) is 48.0 Å². The van der Waals surface area contributed by atoms with Crippen molar-refractivity contribution in [2.45, 2.75) is 40.7 Å². The van der Waals surface area contributed by atoms with Crippen molar-refractivity contribution in [1.82, 2.24) is 20.4 Å². The number of aliphatic imine (C=N–C) groups is 1. The lowest BCUT2D eigenvalue weighted by Crippen LogP contribution is -2.40. The van der Waals surface area contributed by atoms with E-state index >= 15 is 0 Å². The van der Waals surface area contributed by atoms with Crippen LogP contribution < -0.4 is 15.4 Å². The number of halogens is 1. The van der Waals surface area contributed by atoms with Crippen molar-refractivity contribution in [2.75, 3.05) is 26.7 Å². The molecule has 27 heavy (non-hydrogen) atoms. The standard InChI is InChI=1S/C20H31N5O.HI/c1-15-8-6-9-16(2)19(15)26-13-11-23-20(21-5)22-10-7-12-25-18(4)14-17(3)24-25;/h6,8-9,14H,7,10-13H2,1-5H3,(H2,21,22,23);1H. The minimum absolute atomic E-state index is 0. The van der Waals surface area contributed by atoms with Gasteiger partial charge in [-0.15, -0.1) is 24.0 Å². The minimum Gasteiger partial charge on any atom is -0.491 e. The summed E-state index contributed by atoms with van der Waals surface area (Å²) in [5.41, 5.74) is 4.60.